The molecular formula is C17H21BrN2O4S. The van der Waals surface area contributed by atoms with Gasteiger partial charge in [0.2, 0.25) is 5.09 Å². The standard InChI is InChI=1S/C17H21BrN2O4S/c1-19(2)25(21,22)17-7-6-15(24-17)11-20-8-9-23-16(12-20)13-4-3-5-14(18)10-13/h3-7,10,16H,8-9,11-12H2,1-2H3. The summed E-state index contributed by atoms with van der Waals surface area (Å²) >= 11 is 3.49. The highest BCUT2D eigenvalue weighted by molar-refractivity contribution is 9.10. The number of rotatable bonds is 5. The van der Waals surface area contributed by atoms with Crippen molar-refractivity contribution in [1.29, 1.82) is 0 Å². The molecule has 0 N–H and O–H groups in total. The summed E-state index contributed by atoms with van der Waals surface area (Å²) in [5.74, 6) is 0.635. The molecule has 1 atom stereocenters. The molecule has 1 aromatic heterocycles. The van der Waals surface area contributed by atoms with Gasteiger partial charge in [-0.15, -0.1) is 0 Å². The molecule has 1 aromatic carbocycles. The van der Waals surface area contributed by atoms with E-state index in [4.69, 9.17) is 9.15 Å². The van der Waals surface area contributed by atoms with Gasteiger partial charge < -0.3 is 9.15 Å². The van der Waals surface area contributed by atoms with Gasteiger partial charge in [-0.1, -0.05) is 28.1 Å². The lowest BCUT2D eigenvalue weighted by Gasteiger charge is -2.32. The highest BCUT2D eigenvalue weighted by Gasteiger charge is 2.25. The van der Waals surface area contributed by atoms with E-state index in [1.54, 1.807) is 6.07 Å². The lowest BCUT2D eigenvalue weighted by Crippen LogP contribution is -2.37. The van der Waals surface area contributed by atoms with E-state index in [9.17, 15) is 8.42 Å². The summed E-state index contributed by atoms with van der Waals surface area (Å²) in [7, 11) is -0.561. The Labute approximate surface area is 156 Å². The smallest absolute Gasteiger partial charge is 0.275 e. The number of hydrogen-bond acceptors (Lipinski definition) is 5. The SMILES string of the molecule is CN(C)S(=O)(=O)c1ccc(CN2CCOC(c3cccc(Br)c3)C2)o1. The van der Waals surface area contributed by atoms with E-state index >= 15 is 0 Å². The Morgan fingerprint density at radius 2 is 2.08 bits per heavy atom. The third-order valence-corrected chi connectivity index (χ3v) is 6.31. The maximum absolute atomic E-state index is 12.1. The number of sulfonamides is 1. The quantitative estimate of drug-likeness (QED) is 0.732. The van der Waals surface area contributed by atoms with Crippen LogP contribution in [0.4, 0.5) is 0 Å². The number of furan rings is 1. The highest BCUT2D eigenvalue weighted by Crippen LogP contribution is 2.26. The molecule has 1 unspecified atom stereocenters. The number of morpholine rings is 1. The second kappa shape index (κ2) is 7.59. The van der Waals surface area contributed by atoms with Crippen LogP contribution in [-0.2, 0) is 21.3 Å². The number of halogens is 1. The minimum absolute atomic E-state index is 0.00816. The zero-order valence-electron chi connectivity index (χ0n) is 14.2. The average Bonchev–Trinajstić information content (AvgIpc) is 3.04. The molecule has 1 saturated heterocycles. The van der Waals surface area contributed by atoms with Crippen molar-refractivity contribution in [2.24, 2.45) is 0 Å². The van der Waals surface area contributed by atoms with Crippen LogP contribution in [0.15, 0.2) is 50.4 Å². The minimum atomic E-state index is -3.54. The largest absolute Gasteiger partial charge is 0.447 e. The second-order valence-electron chi connectivity index (χ2n) is 6.16. The molecule has 1 aliphatic rings. The molecule has 0 amide bonds. The Kier molecular flexibility index (Phi) is 5.65. The molecule has 0 radical (unpaired) electrons. The van der Waals surface area contributed by atoms with E-state index in [-0.39, 0.29) is 11.2 Å². The van der Waals surface area contributed by atoms with Gasteiger partial charge in [0.15, 0.2) is 0 Å². The normalized spacial score (nSPS) is 19.4. The number of hydrogen-bond donors (Lipinski definition) is 0. The Morgan fingerprint density at radius 3 is 2.80 bits per heavy atom. The zero-order chi connectivity index (χ0) is 18.0. The van der Waals surface area contributed by atoms with Crippen molar-refractivity contribution in [2.75, 3.05) is 33.8 Å². The molecule has 1 aliphatic heterocycles. The number of benzene rings is 1. The predicted molar refractivity (Wildman–Crippen MR) is 97.7 cm³/mol. The number of ether oxygens (including phenoxy) is 1. The lowest BCUT2D eigenvalue weighted by atomic mass is 10.1. The van der Waals surface area contributed by atoms with Crippen molar-refractivity contribution in [2.45, 2.75) is 17.7 Å². The van der Waals surface area contributed by atoms with E-state index in [0.29, 0.717) is 18.9 Å². The Bertz CT molecular complexity index is 835. The first-order chi connectivity index (χ1) is 11.9. The first-order valence-electron chi connectivity index (χ1n) is 7.97. The molecule has 3 rings (SSSR count). The van der Waals surface area contributed by atoms with Gasteiger partial charge in [-0.2, -0.15) is 0 Å². The summed E-state index contributed by atoms with van der Waals surface area (Å²) in [6.07, 6.45) is -0.00816. The van der Waals surface area contributed by atoms with Crippen LogP contribution in [0.3, 0.4) is 0 Å². The number of nitrogens with zero attached hydrogens (tertiary/aromatic N) is 2. The van der Waals surface area contributed by atoms with Gasteiger partial charge in [-0.25, -0.2) is 12.7 Å². The van der Waals surface area contributed by atoms with Crippen molar-refractivity contribution in [3.63, 3.8) is 0 Å². The average molecular weight is 429 g/mol. The van der Waals surface area contributed by atoms with Crippen LogP contribution in [0.25, 0.3) is 0 Å². The van der Waals surface area contributed by atoms with Gasteiger partial charge in [0, 0.05) is 31.7 Å². The summed E-state index contributed by atoms with van der Waals surface area (Å²) in [6.45, 7) is 2.69. The topological polar surface area (TPSA) is 63.0 Å². The minimum Gasteiger partial charge on any atom is -0.447 e. The lowest BCUT2D eigenvalue weighted by molar-refractivity contribution is -0.0349. The molecule has 25 heavy (non-hydrogen) atoms. The van der Waals surface area contributed by atoms with Gasteiger partial charge in [-0.3, -0.25) is 4.90 Å². The van der Waals surface area contributed by atoms with Crippen LogP contribution in [0, 0.1) is 0 Å². The van der Waals surface area contributed by atoms with Gasteiger partial charge >= 0.3 is 0 Å². The summed E-state index contributed by atoms with van der Waals surface area (Å²) in [4.78, 5) is 2.21. The van der Waals surface area contributed by atoms with Gasteiger partial charge in [-0.05, 0) is 29.8 Å². The summed E-state index contributed by atoms with van der Waals surface area (Å²) in [5.41, 5.74) is 1.12. The van der Waals surface area contributed by atoms with E-state index in [1.807, 2.05) is 18.2 Å². The fourth-order valence-corrected chi connectivity index (χ4v) is 3.97. The van der Waals surface area contributed by atoms with E-state index in [2.05, 4.69) is 26.9 Å². The maximum Gasteiger partial charge on any atom is 0.275 e. The van der Waals surface area contributed by atoms with Crippen LogP contribution < -0.4 is 0 Å². The monoisotopic (exact) mass is 428 g/mol. The van der Waals surface area contributed by atoms with Crippen molar-refractivity contribution in [3.05, 3.63) is 52.2 Å². The molecule has 2 heterocycles. The fraction of sp³-hybridized carbons (Fsp3) is 0.412. The van der Waals surface area contributed by atoms with Gasteiger partial charge in [0.1, 0.15) is 5.76 Å². The molecule has 0 bridgehead atoms. The van der Waals surface area contributed by atoms with Gasteiger partial charge in [0.25, 0.3) is 10.0 Å². The van der Waals surface area contributed by atoms with Crippen molar-refractivity contribution >= 4 is 26.0 Å². The first kappa shape index (κ1) is 18.6. The molecule has 136 valence electrons. The van der Waals surface area contributed by atoms with E-state index < -0.39 is 10.0 Å². The third-order valence-electron chi connectivity index (χ3n) is 4.12. The molecular weight excluding hydrogens is 408 g/mol. The van der Waals surface area contributed by atoms with Crippen LogP contribution in [0.2, 0.25) is 0 Å². The van der Waals surface area contributed by atoms with Crippen molar-refractivity contribution in [3.8, 4) is 0 Å². The Balaban J connectivity index is 1.68. The molecule has 0 spiro atoms. The third kappa shape index (κ3) is 4.32. The van der Waals surface area contributed by atoms with Crippen molar-refractivity contribution < 1.29 is 17.6 Å². The molecule has 8 heteroatoms. The molecule has 2 aromatic rings. The maximum atomic E-state index is 12.1. The van der Waals surface area contributed by atoms with E-state index in [0.717, 1.165) is 27.4 Å². The molecule has 1 fully saturated rings. The molecule has 0 aliphatic carbocycles. The highest BCUT2D eigenvalue weighted by atomic mass is 79.9. The van der Waals surface area contributed by atoms with Crippen LogP contribution >= 0.6 is 15.9 Å². The van der Waals surface area contributed by atoms with Crippen LogP contribution in [0.1, 0.15) is 17.4 Å². The predicted octanol–water partition coefficient (Wildman–Crippen LogP) is 2.87. The molecule has 0 saturated carbocycles. The van der Waals surface area contributed by atoms with Gasteiger partial charge in [0.05, 0.1) is 19.3 Å². The fourth-order valence-electron chi connectivity index (χ4n) is 2.74. The summed E-state index contributed by atoms with van der Waals surface area (Å²) in [5, 5.41) is -0.0238. The van der Waals surface area contributed by atoms with Crippen molar-refractivity contribution in [1.82, 2.24) is 9.21 Å². The van der Waals surface area contributed by atoms with Crippen LogP contribution in [0.5, 0.6) is 0 Å². The summed E-state index contributed by atoms with van der Waals surface area (Å²) in [6, 6.07) is 11.3. The first-order valence-corrected chi connectivity index (χ1v) is 10.2. The second-order valence-corrected chi connectivity index (χ2v) is 9.16. The molecule has 6 nitrogen and oxygen atoms in total. The van der Waals surface area contributed by atoms with E-state index in [1.165, 1.54) is 20.2 Å². The van der Waals surface area contributed by atoms with Crippen LogP contribution in [-0.4, -0.2) is 51.4 Å². The summed E-state index contributed by atoms with van der Waals surface area (Å²) < 4.78 is 37.8. The Morgan fingerprint density at radius 1 is 1.28 bits per heavy atom. The Hall–Kier alpha value is -1.19. The zero-order valence-corrected chi connectivity index (χ0v) is 16.6.